The van der Waals surface area contributed by atoms with E-state index in [-0.39, 0.29) is 6.10 Å². The van der Waals surface area contributed by atoms with Crippen molar-refractivity contribution in [1.82, 2.24) is 0 Å². The maximum atomic E-state index is 9.35. The van der Waals surface area contributed by atoms with Gasteiger partial charge in [-0.15, -0.1) is 0 Å². The number of hydrogen-bond donors (Lipinski definition) is 1. The maximum Gasteiger partial charge on any atom is 0.0762 e. The third-order valence-corrected chi connectivity index (χ3v) is 3.19. The first-order valence-electron chi connectivity index (χ1n) is 3.97. The van der Waals surface area contributed by atoms with Crippen molar-refractivity contribution in [3.05, 3.63) is 33.3 Å². The van der Waals surface area contributed by atoms with Crippen LogP contribution in [0.5, 0.6) is 0 Å². The van der Waals surface area contributed by atoms with E-state index in [0.717, 1.165) is 10.0 Å². The van der Waals surface area contributed by atoms with Gasteiger partial charge < -0.3 is 5.11 Å². The highest BCUT2D eigenvalue weighted by atomic mass is 79.9. The number of aliphatic hydroxyl groups excluding tert-OH is 1. The van der Waals surface area contributed by atoms with E-state index in [1.807, 2.05) is 26.0 Å². The Bertz CT molecular complexity index is 269. The molecule has 0 amide bonds. The molecule has 0 fully saturated rings. The number of rotatable bonds is 1. The predicted octanol–water partition coefficient (Wildman–Crippen LogP) is 3.12. The lowest BCUT2D eigenvalue weighted by molar-refractivity contribution is 0.199. The average Bonchev–Trinajstić information content (AvgIpc) is 1.99. The molecule has 0 radical (unpaired) electrons. The van der Waals surface area contributed by atoms with Crippen LogP contribution in [-0.2, 0) is 0 Å². The standard InChI is InChI=1S/C10H13BrO/c1-6-4-9(8(3)12)5-7(2)10(6)11/h4-5,8,12H,1-3H3. The first-order chi connectivity index (χ1) is 5.52. The Hall–Kier alpha value is -0.340. The Balaban J connectivity index is 3.21. The summed E-state index contributed by atoms with van der Waals surface area (Å²) in [5, 5.41) is 9.35. The number of aryl methyl sites for hydroxylation is 2. The lowest BCUT2D eigenvalue weighted by atomic mass is 10.0. The van der Waals surface area contributed by atoms with E-state index < -0.39 is 0 Å². The van der Waals surface area contributed by atoms with Gasteiger partial charge in [0, 0.05) is 4.47 Å². The average molecular weight is 229 g/mol. The minimum Gasteiger partial charge on any atom is -0.389 e. The molecule has 1 unspecified atom stereocenters. The molecule has 0 saturated carbocycles. The van der Waals surface area contributed by atoms with Crippen molar-refractivity contribution in [2.24, 2.45) is 0 Å². The van der Waals surface area contributed by atoms with Gasteiger partial charge in [-0.1, -0.05) is 28.1 Å². The van der Waals surface area contributed by atoms with Crippen molar-refractivity contribution in [2.75, 3.05) is 0 Å². The molecular formula is C10H13BrO. The molecule has 1 aromatic rings. The molecular weight excluding hydrogens is 216 g/mol. The summed E-state index contributed by atoms with van der Waals surface area (Å²) in [5.74, 6) is 0. The molecule has 0 heterocycles. The van der Waals surface area contributed by atoms with Crippen molar-refractivity contribution in [2.45, 2.75) is 26.9 Å². The van der Waals surface area contributed by atoms with Crippen LogP contribution >= 0.6 is 15.9 Å². The van der Waals surface area contributed by atoms with Crippen LogP contribution in [0.4, 0.5) is 0 Å². The molecule has 1 rings (SSSR count). The Morgan fingerprint density at radius 2 is 1.67 bits per heavy atom. The van der Waals surface area contributed by atoms with Gasteiger partial charge in [0.15, 0.2) is 0 Å². The molecule has 0 spiro atoms. The van der Waals surface area contributed by atoms with Crippen LogP contribution in [0.2, 0.25) is 0 Å². The Labute approximate surface area is 81.6 Å². The molecule has 1 nitrogen and oxygen atoms in total. The molecule has 2 heteroatoms. The zero-order chi connectivity index (χ0) is 9.30. The van der Waals surface area contributed by atoms with E-state index in [9.17, 15) is 5.11 Å². The lowest BCUT2D eigenvalue weighted by Gasteiger charge is -2.09. The summed E-state index contributed by atoms with van der Waals surface area (Å²) < 4.78 is 1.13. The molecule has 1 aromatic carbocycles. The molecule has 1 atom stereocenters. The largest absolute Gasteiger partial charge is 0.389 e. The first kappa shape index (κ1) is 9.75. The zero-order valence-electron chi connectivity index (χ0n) is 7.56. The summed E-state index contributed by atoms with van der Waals surface area (Å²) in [6.45, 7) is 5.84. The number of benzene rings is 1. The Kier molecular flexibility index (Phi) is 2.91. The van der Waals surface area contributed by atoms with Crippen LogP contribution in [-0.4, -0.2) is 5.11 Å². The van der Waals surface area contributed by atoms with Crippen LogP contribution in [0.3, 0.4) is 0 Å². The normalized spacial score (nSPS) is 13.1. The predicted molar refractivity (Wildman–Crippen MR) is 54.2 cm³/mol. The second-order valence-corrected chi connectivity index (χ2v) is 3.94. The third-order valence-electron chi connectivity index (χ3n) is 1.94. The van der Waals surface area contributed by atoms with Crippen LogP contribution in [0, 0.1) is 13.8 Å². The van der Waals surface area contributed by atoms with Crippen LogP contribution in [0.1, 0.15) is 29.7 Å². The molecule has 0 aromatic heterocycles. The summed E-state index contributed by atoms with van der Waals surface area (Å²) in [5.41, 5.74) is 3.32. The van der Waals surface area contributed by atoms with Gasteiger partial charge in [0.05, 0.1) is 6.10 Å². The van der Waals surface area contributed by atoms with Crippen molar-refractivity contribution >= 4 is 15.9 Å². The minimum absolute atomic E-state index is 0.379. The smallest absolute Gasteiger partial charge is 0.0762 e. The summed E-state index contributed by atoms with van der Waals surface area (Å²) in [6.07, 6.45) is -0.379. The molecule has 0 aliphatic carbocycles. The van der Waals surface area contributed by atoms with Crippen molar-refractivity contribution in [1.29, 1.82) is 0 Å². The van der Waals surface area contributed by atoms with Crippen LogP contribution in [0.25, 0.3) is 0 Å². The van der Waals surface area contributed by atoms with Gasteiger partial charge in [-0.2, -0.15) is 0 Å². The molecule has 1 N–H and O–H groups in total. The quantitative estimate of drug-likeness (QED) is 0.784. The lowest BCUT2D eigenvalue weighted by Crippen LogP contribution is -1.93. The number of hydrogen-bond acceptors (Lipinski definition) is 1. The summed E-state index contributed by atoms with van der Waals surface area (Å²) in [7, 11) is 0. The first-order valence-corrected chi connectivity index (χ1v) is 4.76. The van der Waals surface area contributed by atoms with Gasteiger partial charge in [0.2, 0.25) is 0 Å². The van der Waals surface area contributed by atoms with E-state index in [1.165, 1.54) is 11.1 Å². The molecule has 0 saturated heterocycles. The molecule has 66 valence electrons. The molecule has 12 heavy (non-hydrogen) atoms. The van der Waals surface area contributed by atoms with E-state index in [1.54, 1.807) is 6.92 Å². The summed E-state index contributed by atoms with van der Waals surface area (Å²) >= 11 is 3.48. The van der Waals surface area contributed by atoms with Crippen LogP contribution in [0.15, 0.2) is 16.6 Å². The highest BCUT2D eigenvalue weighted by Gasteiger charge is 2.05. The van der Waals surface area contributed by atoms with Gasteiger partial charge in [-0.05, 0) is 37.5 Å². The third kappa shape index (κ3) is 1.87. The number of aliphatic hydroxyl groups is 1. The second-order valence-electron chi connectivity index (χ2n) is 3.14. The number of halogens is 1. The second kappa shape index (κ2) is 3.58. The Morgan fingerprint density at radius 3 is 2.00 bits per heavy atom. The van der Waals surface area contributed by atoms with Gasteiger partial charge >= 0.3 is 0 Å². The van der Waals surface area contributed by atoms with Crippen LogP contribution < -0.4 is 0 Å². The van der Waals surface area contributed by atoms with E-state index in [0.29, 0.717) is 0 Å². The van der Waals surface area contributed by atoms with Gasteiger partial charge in [0.1, 0.15) is 0 Å². The fourth-order valence-corrected chi connectivity index (χ4v) is 1.45. The van der Waals surface area contributed by atoms with E-state index in [4.69, 9.17) is 0 Å². The maximum absolute atomic E-state index is 9.35. The van der Waals surface area contributed by atoms with Crippen molar-refractivity contribution in [3.8, 4) is 0 Å². The molecule has 0 bridgehead atoms. The monoisotopic (exact) mass is 228 g/mol. The van der Waals surface area contributed by atoms with Gasteiger partial charge in [0.25, 0.3) is 0 Å². The molecule has 0 aliphatic heterocycles. The summed E-state index contributed by atoms with van der Waals surface area (Å²) in [6, 6.07) is 4.00. The fourth-order valence-electron chi connectivity index (χ4n) is 1.22. The SMILES string of the molecule is Cc1cc(C(C)O)cc(C)c1Br. The highest BCUT2D eigenvalue weighted by Crippen LogP contribution is 2.25. The van der Waals surface area contributed by atoms with Crippen molar-refractivity contribution < 1.29 is 5.11 Å². The minimum atomic E-state index is -0.379. The van der Waals surface area contributed by atoms with Gasteiger partial charge in [-0.25, -0.2) is 0 Å². The van der Waals surface area contributed by atoms with E-state index >= 15 is 0 Å². The topological polar surface area (TPSA) is 20.2 Å². The highest BCUT2D eigenvalue weighted by molar-refractivity contribution is 9.10. The molecule has 0 aliphatic rings. The van der Waals surface area contributed by atoms with Crippen molar-refractivity contribution in [3.63, 3.8) is 0 Å². The fraction of sp³-hybridized carbons (Fsp3) is 0.400. The Morgan fingerprint density at radius 1 is 1.25 bits per heavy atom. The van der Waals surface area contributed by atoms with E-state index in [2.05, 4.69) is 15.9 Å². The van der Waals surface area contributed by atoms with Gasteiger partial charge in [-0.3, -0.25) is 0 Å². The summed E-state index contributed by atoms with van der Waals surface area (Å²) in [4.78, 5) is 0. The zero-order valence-corrected chi connectivity index (χ0v) is 9.14.